The van der Waals surface area contributed by atoms with Gasteiger partial charge in [-0.25, -0.2) is 4.98 Å². The van der Waals surface area contributed by atoms with E-state index in [0.717, 1.165) is 0 Å². The van der Waals surface area contributed by atoms with Crippen LogP contribution in [0.25, 0.3) is 0 Å². The number of carbonyl (C=O) groups excluding carboxylic acids is 1. The number of hydrogen-bond donors (Lipinski definition) is 2. The maximum Gasteiger partial charge on any atom is 0.228 e. The van der Waals surface area contributed by atoms with Crippen molar-refractivity contribution in [3.8, 4) is 0 Å². The van der Waals surface area contributed by atoms with Crippen LogP contribution >= 0.6 is 11.6 Å². The maximum atomic E-state index is 11.7. The number of carbonyl (C=O) groups is 1. The van der Waals surface area contributed by atoms with E-state index in [1.54, 1.807) is 4.90 Å². The lowest BCUT2D eigenvalue weighted by Gasteiger charge is -2.15. The summed E-state index contributed by atoms with van der Waals surface area (Å²) in [5.41, 5.74) is 11.0. The molecule has 2 rings (SSSR count). The summed E-state index contributed by atoms with van der Waals surface area (Å²) in [7, 11) is 0. The first-order valence-electron chi connectivity index (χ1n) is 4.90. The minimum Gasteiger partial charge on any atom is -0.368 e. The van der Waals surface area contributed by atoms with Crippen LogP contribution in [0.4, 0.5) is 11.8 Å². The Morgan fingerprint density at radius 3 is 2.88 bits per heavy atom. The molecule has 0 bridgehead atoms. The fourth-order valence-corrected chi connectivity index (χ4v) is 1.91. The van der Waals surface area contributed by atoms with Crippen molar-refractivity contribution >= 4 is 29.3 Å². The van der Waals surface area contributed by atoms with Gasteiger partial charge in [0.1, 0.15) is 11.0 Å². The molecule has 0 spiro atoms. The van der Waals surface area contributed by atoms with Crippen LogP contribution in [-0.4, -0.2) is 29.0 Å². The van der Waals surface area contributed by atoms with Crippen LogP contribution in [0.5, 0.6) is 0 Å². The zero-order valence-electron chi connectivity index (χ0n) is 8.56. The molecule has 2 heterocycles. The van der Waals surface area contributed by atoms with Gasteiger partial charge in [-0.3, -0.25) is 9.69 Å². The Labute approximate surface area is 97.6 Å². The number of rotatable bonds is 2. The number of halogens is 1. The Kier molecular flexibility index (Phi) is 2.93. The van der Waals surface area contributed by atoms with Crippen molar-refractivity contribution in [1.29, 1.82) is 0 Å². The second-order valence-electron chi connectivity index (χ2n) is 3.72. The molecule has 1 aliphatic rings. The van der Waals surface area contributed by atoms with E-state index in [9.17, 15) is 4.79 Å². The number of aromatic nitrogens is 2. The fourth-order valence-electron chi connectivity index (χ4n) is 1.72. The van der Waals surface area contributed by atoms with Crippen LogP contribution in [0.3, 0.4) is 0 Å². The highest BCUT2D eigenvalue weighted by Crippen LogP contribution is 2.24. The lowest BCUT2D eigenvalue weighted by atomic mass is 10.1. The van der Waals surface area contributed by atoms with Crippen molar-refractivity contribution in [1.82, 2.24) is 9.97 Å². The number of nitrogens with two attached hydrogens (primary N) is 2. The molecule has 1 amide bonds. The molecule has 1 atom stereocenters. The van der Waals surface area contributed by atoms with Gasteiger partial charge in [-0.05, 0) is 12.5 Å². The van der Waals surface area contributed by atoms with Crippen molar-refractivity contribution in [3.05, 3.63) is 11.2 Å². The van der Waals surface area contributed by atoms with Crippen molar-refractivity contribution < 1.29 is 4.79 Å². The van der Waals surface area contributed by atoms with E-state index in [4.69, 9.17) is 23.1 Å². The van der Waals surface area contributed by atoms with Crippen molar-refractivity contribution in [2.75, 3.05) is 23.7 Å². The number of anilines is 2. The molecule has 0 aromatic carbocycles. The summed E-state index contributed by atoms with van der Waals surface area (Å²) >= 11 is 5.75. The molecule has 1 aromatic rings. The van der Waals surface area contributed by atoms with E-state index in [1.807, 2.05) is 0 Å². The molecule has 6 nitrogen and oxygen atoms in total. The predicted octanol–water partition coefficient (Wildman–Crippen LogP) is 0.0238. The number of hydrogen-bond acceptors (Lipinski definition) is 5. The van der Waals surface area contributed by atoms with E-state index in [2.05, 4.69) is 9.97 Å². The van der Waals surface area contributed by atoms with E-state index >= 15 is 0 Å². The largest absolute Gasteiger partial charge is 0.368 e. The molecule has 1 aliphatic heterocycles. The lowest BCUT2D eigenvalue weighted by molar-refractivity contribution is -0.117. The summed E-state index contributed by atoms with van der Waals surface area (Å²) in [6.45, 7) is 1.04. The molecule has 0 aliphatic carbocycles. The summed E-state index contributed by atoms with van der Waals surface area (Å²) in [6.07, 6.45) is 0.442. The monoisotopic (exact) mass is 241 g/mol. The van der Waals surface area contributed by atoms with Gasteiger partial charge in [0.2, 0.25) is 11.9 Å². The third-order valence-electron chi connectivity index (χ3n) is 2.51. The van der Waals surface area contributed by atoms with E-state index < -0.39 is 0 Å². The summed E-state index contributed by atoms with van der Waals surface area (Å²) < 4.78 is 0. The predicted molar refractivity (Wildman–Crippen MR) is 61.0 cm³/mol. The van der Waals surface area contributed by atoms with Crippen LogP contribution in [0.2, 0.25) is 5.15 Å². The Hall–Kier alpha value is -1.40. The Morgan fingerprint density at radius 2 is 2.31 bits per heavy atom. The van der Waals surface area contributed by atoms with E-state index in [0.29, 0.717) is 25.3 Å². The third-order valence-corrected chi connectivity index (χ3v) is 2.71. The van der Waals surface area contributed by atoms with Crippen molar-refractivity contribution in [2.45, 2.75) is 6.42 Å². The van der Waals surface area contributed by atoms with Gasteiger partial charge < -0.3 is 11.5 Å². The quantitative estimate of drug-likeness (QED) is 0.712. The molecular weight excluding hydrogens is 230 g/mol. The molecule has 1 unspecified atom stereocenters. The zero-order valence-corrected chi connectivity index (χ0v) is 9.31. The number of nitrogen functional groups attached to an aromatic ring is 1. The molecule has 1 fully saturated rings. The summed E-state index contributed by atoms with van der Waals surface area (Å²) in [6, 6.07) is 1.52. The van der Waals surface area contributed by atoms with Gasteiger partial charge in [0.05, 0.1) is 0 Å². The topological polar surface area (TPSA) is 98.1 Å². The molecule has 1 saturated heterocycles. The molecule has 4 N–H and O–H groups in total. The molecule has 0 saturated carbocycles. The van der Waals surface area contributed by atoms with Gasteiger partial charge in [-0.1, -0.05) is 11.6 Å². The Bertz CT molecular complexity index is 404. The molecule has 0 radical (unpaired) electrons. The van der Waals surface area contributed by atoms with Gasteiger partial charge in [-0.2, -0.15) is 4.98 Å². The first kappa shape index (κ1) is 11.1. The summed E-state index contributed by atoms with van der Waals surface area (Å²) in [5, 5.41) is 0.228. The maximum absolute atomic E-state index is 11.7. The molecule has 1 aromatic heterocycles. The second kappa shape index (κ2) is 4.23. The molecule has 7 heteroatoms. The van der Waals surface area contributed by atoms with Crippen LogP contribution in [0, 0.1) is 5.92 Å². The van der Waals surface area contributed by atoms with Gasteiger partial charge in [0, 0.05) is 19.0 Å². The third kappa shape index (κ3) is 2.07. The molecule has 86 valence electrons. The fraction of sp³-hybridized carbons (Fsp3) is 0.444. The smallest absolute Gasteiger partial charge is 0.228 e. The van der Waals surface area contributed by atoms with Crippen molar-refractivity contribution in [3.63, 3.8) is 0 Å². The highest BCUT2D eigenvalue weighted by Gasteiger charge is 2.30. The van der Waals surface area contributed by atoms with Crippen LogP contribution in [0.15, 0.2) is 6.07 Å². The van der Waals surface area contributed by atoms with Crippen LogP contribution in [-0.2, 0) is 4.79 Å². The zero-order chi connectivity index (χ0) is 11.7. The number of nitrogens with zero attached hydrogens (tertiary/aromatic N) is 3. The lowest BCUT2D eigenvalue weighted by Crippen LogP contribution is -2.27. The average Bonchev–Trinajstić information content (AvgIpc) is 2.58. The van der Waals surface area contributed by atoms with Gasteiger partial charge in [0.25, 0.3) is 0 Å². The average molecular weight is 242 g/mol. The normalized spacial score (nSPS) is 20.5. The SMILES string of the molecule is NCC1CC(=O)N(c2cc(Cl)nc(N)n2)C1. The molecular formula is C9H12ClN5O. The Morgan fingerprint density at radius 1 is 1.56 bits per heavy atom. The van der Waals surface area contributed by atoms with E-state index in [-0.39, 0.29) is 22.9 Å². The number of amides is 1. The standard InChI is InChI=1S/C9H12ClN5O/c10-6-2-7(14-9(12)13-6)15-4-5(3-11)1-8(15)16/h2,5H,1,3-4,11H2,(H2,12,13,14). The summed E-state index contributed by atoms with van der Waals surface area (Å²) in [4.78, 5) is 21.0. The highest BCUT2D eigenvalue weighted by molar-refractivity contribution is 6.29. The van der Waals surface area contributed by atoms with Gasteiger partial charge in [0.15, 0.2) is 0 Å². The van der Waals surface area contributed by atoms with Gasteiger partial charge in [-0.15, -0.1) is 0 Å². The van der Waals surface area contributed by atoms with Crippen LogP contribution < -0.4 is 16.4 Å². The highest BCUT2D eigenvalue weighted by atomic mass is 35.5. The first-order chi connectivity index (χ1) is 7.60. The van der Waals surface area contributed by atoms with Crippen molar-refractivity contribution in [2.24, 2.45) is 11.7 Å². The van der Waals surface area contributed by atoms with Gasteiger partial charge >= 0.3 is 0 Å². The minimum absolute atomic E-state index is 0.00961. The second-order valence-corrected chi connectivity index (χ2v) is 4.10. The summed E-state index contributed by atoms with van der Waals surface area (Å²) in [5.74, 6) is 0.664. The first-order valence-corrected chi connectivity index (χ1v) is 5.28. The van der Waals surface area contributed by atoms with Crippen LogP contribution in [0.1, 0.15) is 6.42 Å². The van der Waals surface area contributed by atoms with E-state index in [1.165, 1.54) is 6.07 Å². The Balaban J connectivity index is 2.27. The molecule has 16 heavy (non-hydrogen) atoms. The minimum atomic E-state index is -0.00961.